The van der Waals surface area contributed by atoms with Gasteiger partial charge in [-0.05, 0) is 25.3 Å². The number of alkyl halides is 3. The number of anilines is 1. The average molecular weight is 291 g/mol. The van der Waals surface area contributed by atoms with Crippen molar-refractivity contribution in [2.45, 2.75) is 39.4 Å². The van der Waals surface area contributed by atoms with Gasteiger partial charge in [0.15, 0.2) is 0 Å². The normalized spacial score (nSPS) is 13.3. The summed E-state index contributed by atoms with van der Waals surface area (Å²) in [6, 6.07) is -0.221. The van der Waals surface area contributed by atoms with Crippen molar-refractivity contribution in [2.75, 3.05) is 5.32 Å². The summed E-state index contributed by atoms with van der Waals surface area (Å²) in [4.78, 5) is 18.2. The van der Waals surface area contributed by atoms with Crippen LogP contribution < -0.4 is 5.32 Å². The van der Waals surface area contributed by atoms with E-state index in [1.807, 2.05) is 13.8 Å². The summed E-state index contributed by atoms with van der Waals surface area (Å²) in [5, 5.41) is 11.5. The molecule has 0 saturated carbocycles. The molecule has 1 atom stereocenters. The van der Waals surface area contributed by atoms with E-state index in [1.165, 1.54) is 6.92 Å². The molecule has 0 saturated heterocycles. The van der Waals surface area contributed by atoms with Crippen LogP contribution >= 0.6 is 0 Å². The molecule has 0 aliphatic rings. The molecule has 0 spiro atoms. The van der Waals surface area contributed by atoms with E-state index < -0.39 is 23.9 Å². The molecule has 0 radical (unpaired) electrons. The number of aryl methyl sites for hydroxylation is 1. The van der Waals surface area contributed by atoms with Crippen molar-refractivity contribution >= 4 is 11.9 Å². The third kappa shape index (κ3) is 4.67. The van der Waals surface area contributed by atoms with Crippen LogP contribution in [-0.4, -0.2) is 27.1 Å². The molecule has 0 aliphatic heterocycles. The quantitative estimate of drug-likeness (QED) is 0.872. The molecule has 1 aromatic heterocycles. The predicted molar refractivity (Wildman–Crippen MR) is 66.3 cm³/mol. The van der Waals surface area contributed by atoms with Crippen molar-refractivity contribution in [3.8, 4) is 0 Å². The third-order valence-corrected chi connectivity index (χ3v) is 2.45. The zero-order chi connectivity index (χ0) is 15.5. The Morgan fingerprint density at radius 3 is 2.45 bits per heavy atom. The molecule has 8 heteroatoms. The fourth-order valence-corrected chi connectivity index (χ4v) is 1.63. The Kier molecular flexibility index (Phi) is 4.91. The minimum Gasteiger partial charge on any atom is -0.480 e. The molecule has 5 nitrogen and oxygen atoms in total. The van der Waals surface area contributed by atoms with Gasteiger partial charge in [-0.2, -0.15) is 13.2 Å². The lowest BCUT2D eigenvalue weighted by Crippen LogP contribution is -2.32. The summed E-state index contributed by atoms with van der Waals surface area (Å²) < 4.78 is 37.9. The van der Waals surface area contributed by atoms with Crippen molar-refractivity contribution in [3.05, 3.63) is 17.5 Å². The Morgan fingerprint density at radius 1 is 1.40 bits per heavy atom. The van der Waals surface area contributed by atoms with Crippen molar-refractivity contribution in [1.82, 2.24) is 9.97 Å². The minimum atomic E-state index is -4.60. The monoisotopic (exact) mass is 291 g/mol. The van der Waals surface area contributed by atoms with Gasteiger partial charge in [-0.15, -0.1) is 0 Å². The van der Waals surface area contributed by atoms with Crippen LogP contribution in [0.1, 0.15) is 31.7 Å². The van der Waals surface area contributed by atoms with E-state index in [-0.39, 0.29) is 24.0 Å². The molecule has 1 heterocycles. The molecule has 0 bridgehead atoms. The molecule has 20 heavy (non-hydrogen) atoms. The summed E-state index contributed by atoms with van der Waals surface area (Å²) >= 11 is 0. The summed E-state index contributed by atoms with van der Waals surface area (Å²) in [6.45, 7) is 5.02. The smallest absolute Gasteiger partial charge is 0.433 e. The lowest BCUT2D eigenvalue weighted by Gasteiger charge is -2.17. The maximum Gasteiger partial charge on any atom is 0.433 e. The molecule has 0 aliphatic carbocycles. The van der Waals surface area contributed by atoms with Gasteiger partial charge >= 0.3 is 12.1 Å². The summed E-state index contributed by atoms with van der Waals surface area (Å²) in [6.07, 6.45) is -4.34. The van der Waals surface area contributed by atoms with Crippen LogP contribution in [0.25, 0.3) is 0 Å². The first kappa shape index (κ1) is 16.2. The van der Waals surface area contributed by atoms with Gasteiger partial charge in [0.25, 0.3) is 0 Å². The number of aromatic nitrogens is 2. The third-order valence-electron chi connectivity index (χ3n) is 2.45. The van der Waals surface area contributed by atoms with E-state index >= 15 is 0 Å². The van der Waals surface area contributed by atoms with Crippen LogP contribution in [0.3, 0.4) is 0 Å². The van der Waals surface area contributed by atoms with Gasteiger partial charge in [-0.25, -0.2) is 14.8 Å². The minimum absolute atomic E-state index is 0.0653. The molecular formula is C12H16F3N3O2. The summed E-state index contributed by atoms with van der Waals surface area (Å²) in [7, 11) is 0. The van der Waals surface area contributed by atoms with Gasteiger partial charge in [0.05, 0.1) is 0 Å². The maximum absolute atomic E-state index is 12.6. The molecule has 0 amide bonds. The van der Waals surface area contributed by atoms with E-state index in [0.29, 0.717) is 0 Å². The highest BCUT2D eigenvalue weighted by atomic mass is 19.4. The van der Waals surface area contributed by atoms with Gasteiger partial charge in [-0.1, -0.05) is 13.8 Å². The van der Waals surface area contributed by atoms with Crippen LogP contribution in [-0.2, 0) is 11.0 Å². The Morgan fingerprint density at radius 2 is 2.00 bits per heavy atom. The first-order valence-corrected chi connectivity index (χ1v) is 6.02. The van der Waals surface area contributed by atoms with E-state index in [2.05, 4.69) is 15.3 Å². The number of carboxylic acids is 1. The fourth-order valence-electron chi connectivity index (χ4n) is 1.63. The second-order valence-corrected chi connectivity index (χ2v) is 4.88. The zero-order valence-electron chi connectivity index (χ0n) is 11.3. The highest BCUT2D eigenvalue weighted by molar-refractivity contribution is 5.76. The Balaban J connectivity index is 3.01. The molecular weight excluding hydrogens is 275 g/mol. The molecule has 0 aromatic carbocycles. The number of nitrogens with zero attached hydrogens (tertiary/aromatic N) is 2. The largest absolute Gasteiger partial charge is 0.480 e. The molecule has 0 fully saturated rings. The Labute approximate surface area is 114 Å². The molecule has 1 rings (SSSR count). The number of aliphatic carboxylic acids is 1. The number of nitrogens with one attached hydrogen (secondary N) is 1. The first-order valence-electron chi connectivity index (χ1n) is 6.02. The van der Waals surface area contributed by atoms with Crippen molar-refractivity contribution in [1.29, 1.82) is 0 Å². The van der Waals surface area contributed by atoms with Crippen LogP contribution in [0, 0.1) is 12.8 Å². The summed E-state index contributed by atoms with van der Waals surface area (Å²) in [5.41, 5.74) is -0.982. The van der Waals surface area contributed by atoms with Crippen LogP contribution in [0.5, 0.6) is 0 Å². The van der Waals surface area contributed by atoms with Crippen LogP contribution in [0.15, 0.2) is 6.07 Å². The standard InChI is InChI=1S/C12H16F3N3O2/c1-6(2)4-8(10(19)20)17-11-16-7(3)5-9(18-11)12(13,14)15/h5-6,8H,4H2,1-3H3,(H,19,20)(H,16,17,18)/t8-/m1/s1. The highest BCUT2D eigenvalue weighted by Crippen LogP contribution is 2.28. The molecule has 2 N–H and O–H groups in total. The topological polar surface area (TPSA) is 75.1 Å². The number of hydrogen-bond donors (Lipinski definition) is 2. The first-order chi connectivity index (χ1) is 9.09. The Bertz CT molecular complexity index is 489. The van der Waals surface area contributed by atoms with Gasteiger partial charge in [0.2, 0.25) is 5.95 Å². The zero-order valence-corrected chi connectivity index (χ0v) is 11.3. The highest BCUT2D eigenvalue weighted by Gasteiger charge is 2.33. The fraction of sp³-hybridized carbons (Fsp3) is 0.583. The molecule has 112 valence electrons. The van der Waals surface area contributed by atoms with Gasteiger partial charge in [-0.3, -0.25) is 0 Å². The van der Waals surface area contributed by atoms with Crippen molar-refractivity contribution < 1.29 is 23.1 Å². The summed E-state index contributed by atoms with van der Waals surface area (Å²) in [5.74, 6) is -1.42. The van der Waals surface area contributed by atoms with E-state index in [9.17, 15) is 18.0 Å². The van der Waals surface area contributed by atoms with Gasteiger partial charge in [0, 0.05) is 5.69 Å². The lowest BCUT2D eigenvalue weighted by molar-refractivity contribution is -0.141. The van der Waals surface area contributed by atoms with Gasteiger partial charge < -0.3 is 10.4 Å². The maximum atomic E-state index is 12.6. The van der Waals surface area contributed by atoms with E-state index in [1.54, 1.807) is 0 Å². The van der Waals surface area contributed by atoms with Crippen LogP contribution in [0.2, 0.25) is 0 Å². The van der Waals surface area contributed by atoms with E-state index in [0.717, 1.165) is 6.07 Å². The lowest BCUT2D eigenvalue weighted by atomic mass is 10.0. The molecule has 1 aromatic rings. The second-order valence-electron chi connectivity index (χ2n) is 4.88. The average Bonchev–Trinajstić information content (AvgIpc) is 2.25. The Hall–Kier alpha value is -1.86. The number of carbonyl (C=O) groups is 1. The van der Waals surface area contributed by atoms with Crippen LogP contribution in [0.4, 0.5) is 19.1 Å². The predicted octanol–water partition coefficient (Wildman–Crippen LogP) is 2.72. The van der Waals surface area contributed by atoms with Crippen molar-refractivity contribution in [2.24, 2.45) is 5.92 Å². The van der Waals surface area contributed by atoms with Crippen molar-refractivity contribution in [3.63, 3.8) is 0 Å². The number of halogens is 3. The number of carboxylic acid groups (broad SMARTS) is 1. The molecule has 0 unspecified atom stereocenters. The van der Waals surface area contributed by atoms with E-state index in [4.69, 9.17) is 5.11 Å². The van der Waals surface area contributed by atoms with Gasteiger partial charge in [0.1, 0.15) is 11.7 Å². The number of rotatable bonds is 5. The number of hydrogen-bond acceptors (Lipinski definition) is 4. The second kappa shape index (κ2) is 6.06. The SMILES string of the molecule is Cc1cc(C(F)(F)F)nc(N[C@H](CC(C)C)C(=O)O)n1.